The molecule has 1 saturated carbocycles. The van der Waals surface area contributed by atoms with Crippen LogP contribution in [0.2, 0.25) is 0 Å². The third-order valence-electron chi connectivity index (χ3n) is 3.47. The summed E-state index contributed by atoms with van der Waals surface area (Å²) >= 11 is 1.89. The number of rotatable bonds is 3. The number of nitrogens with one attached hydrogen (secondary N) is 1. The van der Waals surface area contributed by atoms with Crippen molar-refractivity contribution in [2.75, 3.05) is 5.75 Å². The van der Waals surface area contributed by atoms with Crippen molar-refractivity contribution < 1.29 is 0 Å². The van der Waals surface area contributed by atoms with Crippen LogP contribution in [-0.2, 0) is 0 Å². The van der Waals surface area contributed by atoms with Crippen molar-refractivity contribution in [1.29, 1.82) is 0 Å². The number of thioether (sulfide) groups is 1. The summed E-state index contributed by atoms with van der Waals surface area (Å²) in [4.78, 5) is 4.75. The molecule has 0 aromatic rings. The zero-order valence-corrected chi connectivity index (χ0v) is 11.0. The van der Waals surface area contributed by atoms with Crippen molar-refractivity contribution in [3.63, 3.8) is 0 Å². The van der Waals surface area contributed by atoms with Crippen LogP contribution in [0.25, 0.3) is 0 Å². The lowest BCUT2D eigenvalue weighted by molar-refractivity contribution is 0.403. The topological polar surface area (TPSA) is 24.4 Å². The zero-order valence-electron chi connectivity index (χ0n) is 10.2. The molecule has 1 heterocycles. The molecule has 2 rings (SSSR count). The molecule has 2 nitrogen and oxygen atoms in total. The van der Waals surface area contributed by atoms with Crippen LogP contribution in [0.4, 0.5) is 0 Å². The van der Waals surface area contributed by atoms with Crippen molar-refractivity contribution in [2.24, 2.45) is 16.8 Å². The molecule has 1 aliphatic carbocycles. The van der Waals surface area contributed by atoms with Gasteiger partial charge in [0.25, 0.3) is 0 Å². The fourth-order valence-corrected chi connectivity index (χ4v) is 3.32. The van der Waals surface area contributed by atoms with E-state index < -0.39 is 0 Å². The smallest absolute Gasteiger partial charge is 0.157 e. The average Bonchev–Trinajstić information content (AvgIpc) is 2.88. The summed E-state index contributed by atoms with van der Waals surface area (Å²) < 4.78 is 0. The quantitative estimate of drug-likeness (QED) is 0.800. The van der Waals surface area contributed by atoms with E-state index in [1.165, 1.54) is 18.0 Å². The molecule has 1 atom stereocenters. The fourth-order valence-electron chi connectivity index (χ4n) is 1.98. The minimum atomic E-state index is 0.248. The zero-order chi connectivity index (χ0) is 11.1. The van der Waals surface area contributed by atoms with Gasteiger partial charge in [-0.15, -0.1) is 0 Å². The van der Waals surface area contributed by atoms with Crippen molar-refractivity contribution in [3.8, 4) is 0 Å². The fraction of sp³-hybridized carbons (Fsp3) is 0.917. The first-order chi connectivity index (χ1) is 6.99. The molecule has 1 aliphatic heterocycles. The van der Waals surface area contributed by atoms with E-state index in [-0.39, 0.29) is 5.54 Å². The van der Waals surface area contributed by atoms with Crippen molar-refractivity contribution in [3.05, 3.63) is 0 Å². The Morgan fingerprint density at radius 3 is 2.53 bits per heavy atom. The summed E-state index contributed by atoms with van der Waals surface area (Å²) in [6.45, 7) is 9.11. The molecule has 1 unspecified atom stereocenters. The summed E-state index contributed by atoms with van der Waals surface area (Å²) in [5.41, 5.74) is 0.248. The summed E-state index contributed by atoms with van der Waals surface area (Å²) in [6, 6.07) is 0.521. The molecule has 2 aliphatic rings. The van der Waals surface area contributed by atoms with Crippen LogP contribution in [0.5, 0.6) is 0 Å². The highest BCUT2D eigenvalue weighted by Gasteiger charge is 2.39. The van der Waals surface area contributed by atoms with E-state index in [9.17, 15) is 0 Å². The predicted octanol–water partition coefficient (Wildman–Crippen LogP) is 2.89. The number of amidine groups is 1. The van der Waals surface area contributed by atoms with Gasteiger partial charge >= 0.3 is 0 Å². The molecule has 3 heteroatoms. The average molecular weight is 226 g/mol. The first-order valence-electron chi connectivity index (χ1n) is 5.98. The van der Waals surface area contributed by atoms with E-state index in [0.29, 0.717) is 12.0 Å². The van der Waals surface area contributed by atoms with E-state index in [4.69, 9.17) is 4.99 Å². The number of hydrogen-bond donors (Lipinski definition) is 1. The van der Waals surface area contributed by atoms with Gasteiger partial charge in [-0.2, -0.15) is 0 Å². The molecule has 0 bridgehead atoms. The summed E-state index contributed by atoms with van der Waals surface area (Å²) in [5, 5.41) is 4.79. The van der Waals surface area contributed by atoms with Gasteiger partial charge in [0.15, 0.2) is 5.17 Å². The Bertz CT molecular complexity index is 267. The standard InChI is InChI=1S/C12H22N2S/c1-8(2)10-7-15-11(13-10)14-12(3,4)9-5-6-9/h8-10H,5-7H2,1-4H3,(H,13,14). The van der Waals surface area contributed by atoms with Crippen LogP contribution < -0.4 is 5.32 Å². The molecule has 86 valence electrons. The Hall–Kier alpha value is -0.180. The lowest BCUT2D eigenvalue weighted by atomic mass is 9.99. The Morgan fingerprint density at radius 2 is 2.07 bits per heavy atom. The van der Waals surface area contributed by atoms with Crippen LogP contribution in [-0.4, -0.2) is 22.5 Å². The van der Waals surface area contributed by atoms with E-state index in [0.717, 1.165) is 11.7 Å². The maximum absolute atomic E-state index is 4.75. The minimum Gasteiger partial charge on any atom is -0.360 e. The molecule has 0 radical (unpaired) electrons. The van der Waals surface area contributed by atoms with Gasteiger partial charge in [0.05, 0.1) is 6.04 Å². The Labute approximate surface area is 97.3 Å². The third-order valence-corrected chi connectivity index (χ3v) is 4.46. The number of aliphatic imine (C=N–C) groups is 1. The third kappa shape index (κ3) is 2.68. The van der Waals surface area contributed by atoms with Gasteiger partial charge in [0.1, 0.15) is 0 Å². The second-order valence-electron chi connectivity index (χ2n) is 5.68. The molecule has 0 spiro atoms. The highest BCUT2D eigenvalue weighted by Crippen LogP contribution is 2.39. The molecule has 0 amide bonds. The highest BCUT2D eigenvalue weighted by molar-refractivity contribution is 8.14. The maximum atomic E-state index is 4.75. The first kappa shape index (κ1) is 11.3. The summed E-state index contributed by atoms with van der Waals surface area (Å²) in [7, 11) is 0. The van der Waals surface area contributed by atoms with Gasteiger partial charge in [-0.05, 0) is 38.5 Å². The molecule has 0 aromatic carbocycles. The van der Waals surface area contributed by atoms with Crippen molar-refractivity contribution in [2.45, 2.75) is 52.1 Å². The van der Waals surface area contributed by atoms with Crippen LogP contribution in [0, 0.1) is 11.8 Å². The number of nitrogens with zero attached hydrogens (tertiary/aromatic N) is 1. The van der Waals surface area contributed by atoms with E-state index in [1.807, 2.05) is 11.8 Å². The van der Waals surface area contributed by atoms with Crippen LogP contribution in [0.3, 0.4) is 0 Å². The van der Waals surface area contributed by atoms with E-state index >= 15 is 0 Å². The molecule has 15 heavy (non-hydrogen) atoms. The Kier molecular flexibility index (Phi) is 3.02. The van der Waals surface area contributed by atoms with Gasteiger partial charge in [-0.25, -0.2) is 0 Å². The number of hydrogen-bond acceptors (Lipinski definition) is 3. The van der Waals surface area contributed by atoms with Gasteiger partial charge < -0.3 is 5.32 Å². The van der Waals surface area contributed by atoms with Crippen molar-refractivity contribution in [1.82, 2.24) is 5.32 Å². The lowest BCUT2D eigenvalue weighted by Crippen LogP contribution is -2.43. The van der Waals surface area contributed by atoms with E-state index in [2.05, 4.69) is 33.0 Å². The second kappa shape index (κ2) is 4.00. The van der Waals surface area contributed by atoms with Gasteiger partial charge in [0.2, 0.25) is 0 Å². The van der Waals surface area contributed by atoms with E-state index in [1.54, 1.807) is 0 Å². The SMILES string of the molecule is CC(C)C1CSC(NC(C)(C)C2CC2)=N1. The summed E-state index contributed by atoms with van der Waals surface area (Å²) in [6.07, 6.45) is 2.76. The van der Waals surface area contributed by atoms with Gasteiger partial charge in [-0.3, -0.25) is 4.99 Å². The Morgan fingerprint density at radius 1 is 1.40 bits per heavy atom. The largest absolute Gasteiger partial charge is 0.360 e. The predicted molar refractivity (Wildman–Crippen MR) is 68.5 cm³/mol. The van der Waals surface area contributed by atoms with Crippen LogP contribution >= 0.6 is 11.8 Å². The normalized spacial score (nSPS) is 27.0. The summed E-state index contributed by atoms with van der Waals surface area (Å²) in [5.74, 6) is 2.68. The molecule has 1 N–H and O–H groups in total. The van der Waals surface area contributed by atoms with Crippen LogP contribution in [0.15, 0.2) is 4.99 Å². The van der Waals surface area contributed by atoms with Crippen molar-refractivity contribution >= 4 is 16.9 Å². The second-order valence-corrected chi connectivity index (χ2v) is 6.69. The van der Waals surface area contributed by atoms with Gasteiger partial charge in [-0.1, -0.05) is 25.6 Å². The minimum absolute atomic E-state index is 0.248. The lowest BCUT2D eigenvalue weighted by Gasteiger charge is -2.26. The molecular formula is C12H22N2S. The monoisotopic (exact) mass is 226 g/mol. The van der Waals surface area contributed by atoms with Gasteiger partial charge in [0, 0.05) is 11.3 Å². The maximum Gasteiger partial charge on any atom is 0.157 e. The molecule has 1 fully saturated rings. The molecular weight excluding hydrogens is 204 g/mol. The molecule has 0 saturated heterocycles. The van der Waals surface area contributed by atoms with Crippen LogP contribution in [0.1, 0.15) is 40.5 Å². The highest BCUT2D eigenvalue weighted by atomic mass is 32.2. The molecule has 0 aromatic heterocycles. The Balaban J connectivity index is 1.92. The first-order valence-corrected chi connectivity index (χ1v) is 6.96.